The summed E-state index contributed by atoms with van der Waals surface area (Å²) < 4.78 is 5.51. The SMILES string of the molecule is CC(C)(C#N)CNC(=O)COC1CCNCC1. The molecule has 1 amide bonds. The Morgan fingerprint density at radius 2 is 2.18 bits per heavy atom. The van der Waals surface area contributed by atoms with Gasteiger partial charge in [-0.15, -0.1) is 0 Å². The van der Waals surface area contributed by atoms with Crippen LogP contribution in [0.2, 0.25) is 0 Å². The van der Waals surface area contributed by atoms with Gasteiger partial charge in [-0.05, 0) is 39.8 Å². The summed E-state index contributed by atoms with van der Waals surface area (Å²) in [7, 11) is 0. The van der Waals surface area contributed by atoms with Crippen molar-refractivity contribution in [3.8, 4) is 6.07 Å². The predicted octanol–water partition coefficient (Wildman–Crippen LogP) is 0.421. The average molecular weight is 239 g/mol. The Kier molecular flexibility index (Phi) is 5.39. The van der Waals surface area contributed by atoms with Gasteiger partial charge in [-0.25, -0.2) is 0 Å². The molecule has 0 aliphatic carbocycles. The van der Waals surface area contributed by atoms with Crippen molar-refractivity contribution in [2.45, 2.75) is 32.8 Å². The Morgan fingerprint density at radius 1 is 1.53 bits per heavy atom. The molecule has 0 aromatic heterocycles. The molecule has 17 heavy (non-hydrogen) atoms. The summed E-state index contributed by atoms with van der Waals surface area (Å²) in [5.41, 5.74) is -0.523. The van der Waals surface area contributed by atoms with Crippen molar-refractivity contribution in [3.05, 3.63) is 0 Å². The van der Waals surface area contributed by atoms with Crippen molar-refractivity contribution in [2.24, 2.45) is 5.41 Å². The third-order valence-corrected chi connectivity index (χ3v) is 2.77. The van der Waals surface area contributed by atoms with E-state index in [9.17, 15) is 4.79 Å². The van der Waals surface area contributed by atoms with Crippen LogP contribution in [0.25, 0.3) is 0 Å². The fourth-order valence-electron chi connectivity index (χ4n) is 1.57. The predicted molar refractivity (Wildman–Crippen MR) is 64.2 cm³/mol. The zero-order valence-electron chi connectivity index (χ0n) is 10.6. The second-order valence-corrected chi connectivity index (χ2v) is 5.03. The lowest BCUT2D eigenvalue weighted by Crippen LogP contribution is -2.38. The molecule has 2 N–H and O–H groups in total. The Balaban J connectivity index is 2.15. The minimum absolute atomic E-state index is 0.0895. The molecule has 0 aromatic carbocycles. The molecule has 1 aliphatic heterocycles. The van der Waals surface area contributed by atoms with E-state index in [-0.39, 0.29) is 18.6 Å². The summed E-state index contributed by atoms with van der Waals surface area (Å²) in [5, 5.41) is 14.8. The number of hydrogen-bond acceptors (Lipinski definition) is 4. The first-order valence-corrected chi connectivity index (χ1v) is 6.04. The standard InChI is InChI=1S/C12H21N3O2/c1-12(2,8-13)9-15-11(16)7-17-10-3-5-14-6-4-10/h10,14H,3-7,9H2,1-2H3,(H,15,16). The van der Waals surface area contributed by atoms with Crippen LogP contribution in [0, 0.1) is 16.7 Å². The van der Waals surface area contributed by atoms with Gasteiger partial charge in [0, 0.05) is 6.54 Å². The summed E-state index contributed by atoms with van der Waals surface area (Å²) in [5.74, 6) is -0.146. The van der Waals surface area contributed by atoms with Gasteiger partial charge in [-0.1, -0.05) is 0 Å². The topological polar surface area (TPSA) is 74.2 Å². The van der Waals surface area contributed by atoms with E-state index in [0.29, 0.717) is 6.54 Å². The number of carbonyl (C=O) groups is 1. The van der Waals surface area contributed by atoms with Crippen LogP contribution in [0.1, 0.15) is 26.7 Å². The van der Waals surface area contributed by atoms with Gasteiger partial charge in [0.1, 0.15) is 6.61 Å². The molecular weight excluding hydrogens is 218 g/mol. The molecule has 5 heteroatoms. The zero-order valence-corrected chi connectivity index (χ0v) is 10.6. The highest BCUT2D eigenvalue weighted by atomic mass is 16.5. The second kappa shape index (κ2) is 6.58. The number of ether oxygens (including phenoxy) is 1. The number of nitriles is 1. The van der Waals surface area contributed by atoms with Crippen LogP contribution in [-0.4, -0.2) is 38.3 Å². The van der Waals surface area contributed by atoms with E-state index in [1.807, 2.05) is 0 Å². The summed E-state index contributed by atoms with van der Waals surface area (Å²) in [6.07, 6.45) is 2.10. The van der Waals surface area contributed by atoms with Crippen molar-refractivity contribution in [1.29, 1.82) is 5.26 Å². The van der Waals surface area contributed by atoms with E-state index < -0.39 is 5.41 Å². The number of nitrogens with zero attached hydrogens (tertiary/aromatic N) is 1. The number of carbonyl (C=O) groups excluding carboxylic acids is 1. The largest absolute Gasteiger partial charge is 0.368 e. The van der Waals surface area contributed by atoms with E-state index in [2.05, 4.69) is 16.7 Å². The number of nitrogens with one attached hydrogen (secondary N) is 2. The summed E-state index contributed by atoms with van der Waals surface area (Å²) >= 11 is 0. The molecule has 5 nitrogen and oxygen atoms in total. The molecule has 1 fully saturated rings. The van der Waals surface area contributed by atoms with Crippen LogP contribution >= 0.6 is 0 Å². The van der Waals surface area contributed by atoms with Crippen LogP contribution in [0.4, 0.5) is 0 Å². The third-order valence-electron chi connectivity index (χ3n) is 2.77. The van der Waals surface area contributed by atoms with Crippen LogP contribution in [-0.2, 0) is 9.53 Å². The van der Waals surface area contributed by atoms with Gasteiger partial charge in [0.25, 0.3) is 0 Å². The fourth-order valence-corrected chi connectivity index (χ4v) is 1.57. The van der Waals surface area contributed by atoms with E-state index in [1.165, 1.54) is 0 Å². The van der Waals surface area contributed by atoms with E-state index >= 15 is 0 Å². The first-order chi connectivity index (χ1) is 8.03. The minimum atomic E-state index is -0.523. The normalized spacial score (nSPS) is 17.5. The number of rotatable bonds is 5. The van der Waals surface area contributed by atoms with E-state index in [0.717, 1.165) is 25.9 Å². The lowest BCUT2D eigenvalue weighted by atomic mass is 9.96. The summed E-state index contributed by atoms with van der Waals surface area (Å²) in [4.78, 5) is 11.5. The lowest BCUT2D eigenvalue weighted by Gasteiger charge is -2.23. The molecule has 1 aliphatic rings. The highest BCUT2D eigenvalue weighted by Crippen LogP contribution is 2.10. The highest BCUT2D eigenvalue weighted by molar-refractivity contribution is 5.77. The van der Waals surface area contributed by atoms with Crippen molar-refractivity contribution in [3.63, 3.8) is 0 Å². The molecule has 0 unspecified atom stereocenters. The molecule has 96 valence electrons. The quantitative estimate of drug-likeness (QED) is 0.729. The van der Waals surface area contributed by atoms with Crippen molar-refractivity contribution in [2.75, 3.05) is 26.2 Å². The minimum Gasteiger partial charge on any atom is -0.368 e. The van der Waals surface area contributed by atoms with Gasteiger partial charge in [0.2, 0.25) is 5.91 Å². The summed E-state index contributed by atoms with van der Waals surface area (Å²) in [6, 6.07) is 2.14. The molecule has 1 saturated heterocycles. The Bertz CT molecular complexity index is 291. The average Bonchev–Trinajstić information content (AvgIpc) is 2.35. The Hall–Kier alpha value is -1.12. The molecule has 0 bridgehead atoms. The van der Waals surface area contributed by atoms with E-state index in [1.54, 1.807) is 13.8 Å². The van der Waals surface area contributed by atoms with Crippen molar-refractivity contribution >= 4 is 5.91 Å². The van der Waals surface area contributed by atoms with Gasteiger partial charge >= 0.3 is 0 Å². The maximum absolute atomic E-state index is 11.5. The van der Waals surface area contributed by atoms with Crippen LogP contribution < -0.4 is 10.6 Å². The molecule has 0 saturated carbocycles. The monoisotopic (exact) mass is 239 g/mol. The Labute approximate surface area is 103 Å². The molecule has 0 atom stereocenters. The van der Waals surface area contributed by atoms with Gasteiger partial charge in [-0.2, -0.15) is 5.26 Å². The molecule has 0 aromatic rings. The first-order valence-electron chi connectivity index (χ1n) is 6.04. The number of hydrogen-bond donors (Lipinski definition) is 2. The summed E-state index contributed by atoms with van der Waals surface area (Å²) in [6.45, 7) is 5.94. The zero-order chi connectivity index (χ0) is 12.7. The van der Waals surface area contributed by atoms with Gasteiger partial charge in [0.15, 0.2) is 0 Å². The number of amides is 1. The third kappa shape index (κ3) is 5.66. The first kappa shape index (κ1) is 13.9. The molecule has 0 radical (unpaired) electrons. The highest BCUT2D eigenvalue weighted by Gasteiger charge is 2.19. The molecule has 1 rings (SSSR count). The van der Waals surface area contributed by atoms with Crippen molar-refractivity contribution < 1.29 is 9.53 Å². The maximum Gasteiger partial charge on any atom is 0.246 e. The van der Waals surface area contributed by atoms with E-state index in [4.69, 9.17) is 10.00 Å². The fraction of sp³-hybridized carbons (Fsp3) is 0.833. The van der Waals surface area contributed by atoms with Gasteiger partial charge < -0.3 is 15.4 Å². The lowest BCUT2D eigenvalue weighted by molar-refractivity contribution is -0.128. The maximum atomic E-state index is 11.5. The van der Waals surface area contributed by atoms with Gasteiger partial charge in [0.05, 0.1) is 17.6 Å². The van der Waals surface area contributed by atoms with Crippen molar-refractivity contribution in [1.82, 2.24) is 10.6 Å². The smallest absolute Gasteiger partial charge is 0.246 e. The number of piperidine rings is 1. The second-order valence-electron chi connectivity index (χ2n) is 5.03. The molecule has 1 heterocycles. The molecular formula is C12H21N3O2. The molecule has 0 spiro atoms. The van der Waals surface area contributed by atoms with Crippen LogP contribution in [0.3, 0.4) is 0 Å². The van der Waals surface area contributed by atoms with Crippen LogP contribution in [0.5, 0.6) is 0 Å². The van der Waals surface area contributed by atoms with Crippen LogP contribution in [0.15, 0.2) is 0 Å². The Morgan fingerprint density at radius 3 is 2.76 bits per heavy atom. The van der Waals surface area contributed by atoms with Gasteiger partial charge in [-0.3, -0.25) is 4.79 Å².